The molecule has 11 heteroatoms. The Bertz CT molecular complexity index is 1250. The molecule has 0 bridgehead atoms. The fourth-order valence-electron chi connectivity index (χ4n) is 3.83. The van der Waals surface area contributed by atoms with Crippen LogP contribution in [-0.4, -0.2) is 52.4 Å². The minimum atomic E-state index is -4.91. The van der Waals surface area contributed by atoms with E-state index in [1.165, 1.54) is 38.5 Å². The van der Waals surface area contributed by atoms with Gasteiger partial charge < -0.3 is 28.8 Å². The average Bonchev–Trinajstić information content (AvgIpc) is 3.35. The van der Waals surface area contributed by atoms with Crippen molar-refractivity contribution in [2.24, 2.45) is 0 Å². The standard InChI is InChI=1S/C25H23F3N2O6/c1-33-17-6-3-15(4-7-17)21-14-19(22(36-21)25(26,27)28)23(31)29-16-5-8-20(18(13-16)24(32)34-2)30-9-11-35-12-10-30/h3-8,13-14H,9-12H2,1-2H3,(H,29,31). The molecule has 0 spiro atoms. The quantitative estimate of drug-likeness (QED) is 0.480. The van der Waals surface area contributed by atoms with Gasteiger partial charge in [0.15, 0.2) is 0 Å². The molecule has 0 aliphatic carbocycles. The summed E-state index contributed by atoms with van der Waals surface area (Å²) in [5.74, 6) is -2.73. The van der Waals surface area contributed by atoms with E-state index >= 15 is 0 Å². The highest BCUT2D eigenvalue weighted by atomic mass is 19.4. The van der Waals surface area contributed by atoms with Crippen molar-refractivity contribution in [3.63, 3.8) is 0 Å². The Morgan fingerprint density at radius 2 is 1.67 bits per heavy atom. The number of hydrogen-bond donors (Lipinski definition) is 1. The number of amides is 1. The molecule has 1 N–H and O–H groups in total. The predicted molar refractivity (Wildman–Crippen MR) is 124 cm³/mol. The Kier molecular flexibility index (Phi) is 7.20. The Morgan fingerprint density at radius 1 is 0.972 bits per heavy atom. The summed E-state index contributed by atoms with van der Waals surface area (Å²) in [4.78, 5) is 27.3. The van der Waals surface area contributed by atoms with Gasteiger partial charge in [0.25, 0.3) is 5.91 Å². The van der Waals surface area contributed by atoms with Crippen molar-refractivity contribution in [2.45, 2.75) is 6.18 Å². The molecule has 1 saturated heterocycles. The number of nitrogens with zero attached hydrogens (tertiary/aromatic N) is 1. The lowest BCUT2D eigenvalue weighted by molar-refractivity contribution is -0.153. The van der Waals surface area contributed by atoms with Gasteiger partial charge in [-0.2, -0.15) is 13.2 Å². The van der Waals surface area contributed by atoms with Crippen LogP contribution in [0.15, 0.2) is 52.9 Å². The van der Waals surface area contributed by atoms with E-state index in [0.29, 0.717) is 43.3 Å². The zero-order valence-electron chi connectivity index (χ0n) is 19.5. The lowest BCUT2D eigenvalue weighted by atomic mass is 10.1. The first-order valence-corrected chi connectivity index (χ1v) is 10.9. The monoisotopic (exact) mass is 504 g/mol. The summed E-state index contributed by atoms with van der Waals surface area (Å²) >= 11 is 0. The number of methoxy groups -OCH3 is 2. The van der Waals surface area contributed by atoms with Gasteiger partial charge in [-0.3, -0.25) is 4.79 Å². The van der Waals surface area contributed by atoms with Crippen LogP contribution in [-0.2, 0) is 15.7 Å². The van der Waals surface area contributed by atoms with Crippen LogP contribution in [0.4, 0.5) is 24.5 Å². The van der Waals surface area contributed by atoms with Crippen molar-refractivity contribution in [2.75, 3.05) is 50.7 Å². The maximum atomic E-state index is 13.7. The van der Waals surface area contributed by atoms with E-state index < -0.39 is 29.4 Å². The van der Waals surface area contributed by atoms with Gasteiger partial charge in [-0.1, -0.05) is 0 Å². The second-order valence-electron chi connectivity index (χ2n) is 7.86. The molecular formula is C25H23F3N2O6. The Balaban J connectivity index is 1.65. The second-order valence-corrected chi connectivity index (χ2v) is 7.86. The van der Waals surface area contributed by atoms with Crippen LogP contribution in [0.2, 0.25) is 0 Å². The van der Waals surface area contributed by atoms with Crippen LogP contribution in [0.3, 0.4) is 0 Å². The minimum absolute atomic E-state index is 0.123. The SMILES string of the molecule is COC(=O)c1cc(NC(=O)c2cc(-c3ccc(OC)cc3)oc2C(F)(F)F)ccc1N1CCOCC1. The number of alkyl halides is 3. The largest absolute Gasteiger partial charge is 0.497 e. The van der Waals surface area contributed by atoms with E-state index in [4.69, 9.17) is 18.6 Å². The molecule has 0 saturated carbocycles. The first kappa shape index (κ1) is 25.1. The molecule has 1 amide bonds. The molecule has 8 nitrogen and oxygen atoms in total. The number of ether oxygens (including phenoxy) is 3. The molecule has 1 aromatic heterocycles. The molecule has 0 radical (unpaired) electrons. The van der Waals surface area contributed by atoms with Gasteiger partial charge in [0, 0.05) is 24.3 Å². The van der Waals surface area contributed by atoms with Gasteiger partial charge >= 0.3 is 12.1 Å². The number of rotatable bonds is 6. The topological polar surface area (TPSA) is 90.2 Å². The van der Waals surface area contributed by atoms with Crippen LogP contribution >= 0.6 is 0 Å². The second kappa shape index (κ2) is 10.3. The zero-order chi connectivity index (χ0) is 25.9. The number of esters is 1. The number of carbonyl (C=O) groups excluding carboxylic acids is 2. The number of benzene rings is 2. The molecule has 0 atom stereocenters. The number of nitrogens with one attached hydrogen (secondary N) is 1. The third-order valence-electron chi connectivity index (χ3n) is 5.62. The molecule has 1 fully saturated rings. The first-order chi connectivity index (χ1) is 17.2. The number of hydrogen-bond acceptors (Lipinski definition) is 7. The van der Waals surface area contributed by atoms with Crippen LogP contribution in [0, 0.1) is 0 Å². The van der Waals surface area contributed by atoms with Crippen molar-refractivity contribution in [1.29, 1.82) is 0 Å². The molecular weight excluding hydrogens is 481 g/mol. The van der Waals surface area contributed by atoms with E-state index in [-0.39, 0.29) is 17.0 Å². The number of anilines is 2. The van der Waals surface area contributed by atoms with Crippen molar-refractivity contribution < 1.29 is 41.4 Å². The van der Waals surface area contributed by atoms with Gasteiger partial charge in [0.1, 0.15) is 11.5 Å². The van der Waals surface area contributed by atoms with Gasteiger partial charge in [0.2, 0.25) is 5.76 Å². The maximum Gasteiger partial charge on any atom is 0.450 e. The molecule has 2 heterocycles. The van der Waals surface area contributed by atoms with Gasteiger partial charge in [0.05, 0.1) is 44.2 Å². The van der Waals surface area contributed by atoms with Gasteiger partial charge in [-0.05, 0) is 48.5 Å². The van der Waals surface area contributed by atoms with E-state index in [1.54, 1.807) is 18.2 Å². The summed E-state index contributed by atoms with van der Waals surface area (Å²) in [6.45, 7) is 2.06. The highest BCUT2D eigenvalue weighted by Crippen LogP contribution is 2.38. The van der Waals surface area contributed by atoms with E-state index in [1.807, 2.05) is 4.90 Å². The molecule has 3 aromatic rings. The summed E-state index contributed by atoms with van der Waals surface area (Å²) in [5.41, 5.74) is 0.509. The highest BCUT2D eigenvalue weighted by Gasteiger charge is 2.40. The molecule has 2 aromatic carbocycles. The Morgan fingerprint density at radius 3 is 2.28 bits per heavy atom. The maximum absolute atomic E-state index is 13.7. The van der Waals surface area contributed by atoms with Crippen molar-refractivity contribution in [1.82, 2.24) is 0 Å². The number of carbonyl (C=O) groups is 2. The molecule has 190 valence electrons. The fraction of sp³-hybridized carbons (Fsp3) is 0.280. The summed E-state index contributed by atoms with van der Waals surface area (Å²) < 4.78 is 61.4. The smallest absolute Gasteiger partial charge is 0.450 e. The van der Waals surface area contributed by atoms with Crippen LogP contribution in [0.5, 0.6) is 5.75 Å². The summed E-state index contributed by atoms with van der Waals surface area (Å²) in [6.07, 6.45) is -4.91. The fourth-order valence-corrected chi connectivity index (χ4v) is 3.83. The third-order valence-corrected chi connectivity index (χ3v) is 5.62. The van der Waals surface area contributed by atoms with E-state index in [9.17, 15) is 22.8 Å². The molecule has 36 heavy (non-hydrogen) atoms. The van der Waals surface area contributed by atoms with Gasteiger partial charge in [-0.25, -0.2) is 4.79 Å². The van der Waals surface area contributed by atoms with Crippen LogP contribution in [0.1, 0.15) is 26.5 Å². The molecule has 1 aliphatic rings. The van der Waals surface area contributed by atoms with E-state index in [2.05, 4.69) is 5.32 Å². The summed E-state index contributed by atoms with van der Waals surface area (Å²) in [5, 5.41) is 2.43. The summed E-state index contributed by atoms with van der Waals surface area (Å²) in [6, 6.07) is 11.7. The van der Waals surface area contributed by atoms with Gasteiger partial charge in [-0.15, -0.1) is 0 Å². The van der Waals surface area contributed by atoms with Crippen LogP contribution in [0.25, 0.3) is 11.3 Å². The minimum Gasteiger partial charge on any atom is -0.497 e. The molecule has 4 rings (SSSR count). The molecule has 0 unspecified atom stereocenters. The lowest BCUT2D eigenvalue weighted by Gasteiger charge is -2.30. The number of morpholine rings is 1. The summed E-state index contributed by atoms with van der Waals surface area (Å²) in [7, 11) is 2.68. The number of halogens is 3. The van der Waals surface area contributed by atoms with E-state index in [0.717, 1.165) is 6.07 Å². The van der Waals surface area contributed by atoms with Crippen molar-refractivity contribution in [3.8, 4) is 17.1 Å². The Labute approximate surface area is 204 Å². The Hall–Kier alpha value is -3.99. The normalized spacial score (nSPS) is 13.9. The number of furan rings is 1. The zero-order valence-corrected chi connectivity index (χ0v) is 19.5. The van der Waals surface area contributed by atoms with Crippen molar-refractivity contribution in [3.05, 3.63) is 65.4 Å². The van der Waals surface area contributed by atoms with Crippen molar-refractivity contribution >= 4 is 23.3 Å². The predicted octanol–water partition coefficient (Wildman–Crippen LogP) is 4.85. The lowest BCUT2D eigenvalue weighted by Crippen LogP contribution is -2.37. The first-order valence-electron chi connectivity index (χ1n) is 10.9. The third kappa shape index (κ3) is 5.30. The average molecular weight is 504 g/mol. The van der Waals surface area contributed by atoms with Crippen LogP contribution < -0.4 is 15.0 Å². The highest BCUT2D eigenvalue weighted by molar-refractivity contribution is 6.07. The molecule has 1 aliphatic heterocycles.